The summed E-state index contributed by atoms with van der Waals surface area (Å²) in [7, 11) is -1.47. The van der Waals surface area contributed by atoms with Crippen molar-refractivity contribution in [2.75, 3.05) is 13.2 Å². The minimum atomic E-state index is -4.81. The van der Waals surface area contributed by atoms with Gasteiger partial charge in [-0.1, -0.05) is 19.6 Å². The van der Waals surface area contributed by atoms with Gasteiger partial charge in [-0.05, 0) is 25.1 Å². The molecule has 2 heterocycles. The second kappa shape index (κ2) is 9.82. The zero-order valence-corrected chi connectivity index (χ0v) is 20.0. The molecule has 1 aromatic carbocycles. The third kappa shape index (κ3) is 5.63. The summed E-state index contributed by atoms with van der Waals surface area (Å²) in [6.45, 7) is 7.76. The van der Waals surface area contributed by atoms with Gasteiger partial charge in [0.25, 0.3) is 6.43 Å². The van der Waals surface area contributed by atoms with Gasteiger partial charge in [-0.2, -0.15) is 13.2 Å². The first-order chi connectivity index (χ1) is 15.8. The number of aromatic nitrogens is 3. The molecule has 0 aliphatic heterocycles. The second-order valence-electron chi connectivity index (χ2n) is 8.66. The summed E-state index contributed by atoms with van der Waals surface area (Å²) in [5.74, 6) is -1.46. The first kappa shape index (κ1) is 25.8. The van der Waals surface area contributed by atoms with Crippen molar-refractivity contribution in [1.29, 1.82) is 0 Å². The van der Waals surface area contributed by atoms with Gasteiger partial charge in [-0.3, -0.25) is 0 Å². The maximum atomic E-state index is 13.8. The molecule has 0 bridgehead atoms. The zero-order valence-electron chi connectivity index (χ0n) is 19.0. The highest BCUT2D eigenvalue weighted by molar-refractivity contribution is 6.76. The van der Waals surface area contributed by atoms with Crippen LogP contribution in [0.3, 0.4) is 0 Å². The Bertz CT molecular complexity index is 1220. The van der Waals surface area contributed by atoms with Crippen LogP contribution in [0.1, 0.15) is 24.6 Å². The molecule has 2 aromatic heterocycles. The quantitative estimate of drug-likeness (QED) is 0.210. The minimum Gasteiger partial charge on any atom is -0.477 e. The zero-order chi connectivity index (χ0) is 25.3. The third-order valence-electron chi connectivity index (χ3n) is 4.86. The summed E-state index contributed by atoms with van der Waals surface area (Å²) in [6.07, 6.45) is -6.79. The molecular formula is C21H24F5N3O4Si. The number of fused-ring (bicyclic) bond motifs is 1. The van der Waals surface area contributed by atoms with E-state index in [1.54, 1.807) is 6.92 Å². The van der Waals surface area contributed by atoms with Crippen LogP contribution in [0.4, 0.5) is 22.0 Å². The van der Waals surface area contributed by atoms with Gasteiger partial charge in [-0.25, -0.2) is 28.1 Å². The molecule has 0 aliphatic carbocycles. The number of halogens is 5. The van der Waals surface area contributed by atoms with Gasteiger partial charge in [0.15, 0.2) is 11.3 Å². The number of rotatable bonds is 9. The van der Waals surface area contributed by atoms with Crippen molar-refractivity contribution >= 4 is 19.2 Å². The Morgan fingerprint density at radius 1 is 1.21 bits per heavy atom. The SMILES string of the molecule is CCOc1ncc(-c2ccc(C(F)(F)F)c3c2oc(=O)n3COCC[Si](C)(C)C)nc1C(F)F. The van der Waals surface area contributed by atoms with E-state index < -0.39 is 55.5 Å². The van der Waals surface area contributed by atoms with E-state index in [-0.39, 0.29) is 30.4 Å². The van der Waals surface area contributed by atoms with E-state index in [0.29, 0.717) is 0 Å². The van der Waals surface area contributed by atoms with E-state index in [1.807, 2.05) is 0 Å². The fraction of sp³-hybridized carbons (Fsp3) is 0.476. The van der Waals surface area contributed by atoms with E-state index in [1.165, 1.54) is 0 Å². The van der Waals surface area contributed by atoms with Crippen molar-refractivity contribution < 1.29 is 35.8 Å². The predicted molar refractivity (Wildman–Crippen MR) is 117 cm³/mol. The standard InChI is InChI=1S/C21H24F5N3O4Si/c1-5-32-19-15(18(22)23)28-14(10-27-19)12-6-7-13(21(24,25)26)16-17(12)33-20(30)29(16)11-31-8-9-34(2,3)4/h6-7,10,18H,5,8-9,11H2,1-4H3. The Hall–Kier alpha value is -2.80. The number of hydrogen-bond donors (Lipinski definition) is 0. The lowest BCUT2D eigenvalue weighted by Gasteiger charge is -2.16. The number of ether oxygens (including phenoxy) is 2. The van der Waals surface area contributed by atoms with Crippen LogP contribution < -0.4 is 10.5 Å². The van der Waals surface area contributed by atoms with Crippen LogP contribution in [-0.4, -0.2) is 35.8 Å². The van der Waals surface area contributed by atoms with E-state index in [2.05, 4.69) is 29.6 Å². The molecule has 0 spiro atoms. The molecule has 0 atom stereocenters. The van der Waals surface area contributed by atoms with Gasteiger partial charge in [0, 0.05) is 20.2 Å². The molecule has 0 N–H and O–H groups in total. The Morgan fingerprint density at radius 2 is 1.91 bits per heavy atom. The van der Waals surface area contributed by atoms with Crippen molar-refractivity contribution in [3.63, 3.8) is 0 Å². The van der Waals surface area contributed by atoms with Crippen molar-refractivity contribution in [2.45, 2.75) is 51.9 Å². The summed E-state index contributed by atoms with van der Waals surface area (Å²) in [5, 5.41) is 0. The molecule has 3 aromatic rings. The number of nitrogens with zero attached hydrogens (tertiary/aromatic N) is 3. The van der Waals surface area contributed by atoms with Gasteiger partial charge >= 0.3 is 11.9 Å². The molecule has 13 heteroatoms. The molecule has 0 saturated carbocycles. The number of alkyl halides is 5. The molecule has 7 nitrogen and oxygen atoms in total. The fourth-order valence-corrected chi connectivity index (χ4v) is 3.93. The molecule has 186 valence electrons. The third-order valence-corrected chi connectivity index (χ3v) is 6.57. The van der Waals surface area contributed by atoms with E-state index >= 15 is 0 Å². The molecule has 0 saturated heterocycles. The minimum absolute atomic E-state index is 0.0632. The Kier molecular flexibility index (Phi) is 7.46. The normalized spacial score (nSPS) is 12.6. The Labute approximate surface area is 192 Å². The number of oxazole rings is 1. The van der Waals surface area contributed by atoms with Crippen LogP contribution in [0.5, 0.6) is 5.88 Å². The van der Waals surface area contributed by atoms with Crippen LogP contribution in [0.2, 0.25) is 25.7 Å². The lowest BCUT2D eigenvalue weighted by molar-refractivity contribution is -0.136. The summed E-state index contributed by atoms with van der Waals surface area (Å²) >= 11 is 0. The maximum Gasteiger partial charge on any atom is 0.421 e. The Morgan fingerprint density at radius 3 is 2.50 bits per heavy atom. The summed E-state index contributed by atoms with van der Waals surface area (Å²) in [5.41, 5.74) is -3.20. The van der Waals surface area contributed by atoms with Crippen LogP contribution in [0.15, 0.2) is 27.5 Å². The van der Waals surface area contributed by atoms with Crippen molar-refractivity contribution in [3.05, 3.63) is 40.1 Å². The van der Waals surface area contributed by atoms with E-state index in [4.69, 9.17) is 13.9 Å². The first-order valence-corrected chi connectivity index (χ1v) is 14.1. The van der Waals surface area contributed by atoms with Crippen molar-refractivity contribution in [3.8, 4) is 17.1 Å². The largest absolute Gasteiger partial charge is 0.477 e. The van der Waals surface area contributed by atoms with Crippen LogP contribution in [0, 0.1) is 0 Å². The van der Waals surface area contributed by atoms with Gasteiger partial charge in [0.1, 0.15) is 12.2 Å². The fourth-order valence-electron chi connectivity index (χ4n) is 3.17. The molecule has 34 heavy (non-hydrogen) atoms. The highest BCUT2D eigenvalue weighted by Crippen LogP contribution is 2.39. The molecule has 0 unspecified atom stereocenters. The van der Waals surface area contributed by atoms with E-state index in [9.17, 15) is 26.7 Å². The van der Waals surface area contributed by atoms with Crippen LogP contribution in [0.25, 0.3) is 22.4 Å². The maximum absolute atomic E-state index is 13.8. The predicted octanol–water partition coefficient (Wildman–Crippen LogP) is 5.72. The second-order valence-corrected chi connectivity index (χ2v) is 14.3. The monoisotopic (exact) mass is 505 g/mol. The lowest BCUT2D eigenvalue weighted by Crippen LogP contribution is -2.23. The summed E-state index contributed by atoms with van der Waals surface area (Å²) in [4.78, 5) is 20.1. The van der Waals surface area contributed by atoms with Crippen molar-refractivity contribution in [2.24, 2.45) is 0 Å². The molecule has 0 fully saturated rings. The number of hydrogen-bond acceptors (Lipinski definition) is 6. The number of benzene rings is 1. The van der Waals surface area contributed by atoms with Gasteiger partial charge < -0.3 is 13.9 Å². The molecule has 3 rings (SSSR count). The first-order valence-electron chi connectivity index (χ1n) is 10.4. The lowest BCUT2D eigenvalue weighted by atomic mass is 10.1. The molecule has 0 aliphatic rings. The molecule has 0 radical (unpaired) electrons. The average molecular weight is 506 g/mol. The average Bonchev–Trinajstić information content (AvgIpc) is 3.05. The molecule has 0 amide bonds. The topological polar surface area (TPSA) is 79.4 Å². The molecular weight excluding hydrogens is 481 g/mol. The highest BCUT2D eigenvalue weighted by Gasteiger charge is 2.36. The smallest absolute Gasteiger partial charge is 0.421 e. The van der Waals surface area contributed by atoms with Gasteiger partial charge in [-0.15, -0.1) is 0 Å². The van der Waals surface area contributed by atoms with Crippen LogP contribution >= 0.6 is 0 Å². The van der Waals surface area contributed by atoms with Gasteiger partial charge in [0.2, 0.25) is 5.88 Å². The van der Waals surface area contributed by atoms with Gasteiger partial charge in [0.05, 0.1) is 24.1 Å². The van der Waals surface area contributed by atoms with Crippen molar-refractivity contribution in [1.82, 2.24) is 14.5 Å². The summed E-state index contributed by atoms with van der Waals surface area (Å²) < 4.78 is 84.6. The summed E-state index contributed by atoms with van der Waals surface area (Å²) in [6, 6.07) is 2.49. The highest BCUT2D eigenvalue weighted by atomic mass is 28.3. The Balaban J connectivity index is 2.14. The van der Waals surface area contributed by atoms with E-state index in [0.717, 1.165) is 28.9 Å². The van der Waals surface area contributed by atoms with Crippen LogP contribution in [-0.2, 0) is 17.6 Å².